The summed E-state index contributed by atoms with van der Waals surface area (Å²) in [7, 11) is -6.13. The third kappa shape index (κ3) is 3.67. The highest BCUT2D eigenvalue weighted by Crippen LogP contribution is 2.15. The van der Waals surface area contributed by atoms with E-state index in [9.17, 15) is 16.8 Å². The summed E-state index contributed by atoms with van der Waals surface area (Å²) in [6.07, 6.45) is 0. The Hall–Kier alpha value is -0.0501. The largest absolute Gasteiger partial charge is 0.312 e. The second kappa shape index (κ2) is 3.26. The minimum atomic E-state index is -3.86. The van der Waals surface area contributed by atoms with Crippen LogP contribution in [0.1, 0.15) is 13.8 Å². The molecular formula is C3H12B2N2O4S2. The van der Waals surface area contributed by atoms with Crippen molar-refractivity contribution in [3.63, 3.8) is 0 Å². The molecule has 0 aliphatic heterocycles. The molecule has 0 aromatic carbocycles. The first-order valence-electron chi connectivity index (χ1n) is 3.36. The first-order valence-corrected chi connectivity index (χ1v) is 7.06. The molecule has 0 rings (SSSR count). The lowest BCUT2D eigenvalue weighted by molar-refractivity contribution is 0.344. The molecule has 10 heteroatoms. The molecule has 0 heterocycles. The lowest BCUT2D eigenvalue weighted by Crippen LogP contribution is -2.56. The zero-order chi connectivity index (χ0) is 11.1. The zero-order valence-corrected chi connectivity index (χ0v) is 9.61. The molecule has 0 spiro atoms. The highest BCUT2D eigenvalue weighted by molar-refractivity contribution is 8.23. The Morgan fingerprint density at radius 3 is 1.31 bits per heavy atom. The maximum Gasteiger partial charge on any atom is 0.277 e. The molecular weight excluding hydrogens is 214 g/mol. The Bertz CT molecular complexity index is 348. The van der Waals surface area contributed by atoms with Crippen molar-refractivity contribution in [1.82, 2.24) is 3.71 Å². The van der Waals surface area contributed by atoms with Gasteiger partial charge in [0, 0.05) is 0 Å². The second-order valence-electron chi connectivity index (χ2n) is 3.38. The standard InChI is InChI=1S/C3H12B2N2O4S2/c1-3(2,6)7(12(4,8)9)13(5,10)11/h4-6H2,1-2H3. The molecule has 13 heavy (non-hydrogen) atoms. The molecule has 0 aliphatic rings. The summed E-state index contributed by atoms with van der Waals surface area (Å²) >= 11 is 0. The van der Waals surface area contributed by atoms with E-state index in [4.69, 9.17) is 5.73 Å². The van der Waals surface area contributed by atoms with Gasteiger partial charge < -0.3 is 5.73 Å². The van der Waals surface area contributed by atoms with Gasteiger partial charge in [-0.2, -0.15) is 0 Å². The van der Waals surface area contributed by atoms with E-state index in [1.807, 2.05) is 0 Å². The molecule has 76 valence electrons. The summed E-state index contributed by atoms with van der Waals surface area (Å²) < 4.78 is 44.7. The highest BCUT2D eigenvalue weighted by Gasteiger charge is 2.37. The van der Waals surface area contributed by atoms with E-state index in [2.05, 4.69) is 0 Å². The Balaban J connectivity index is 5.56. The average Bonchev–Trinajstić information content (AvgIpc) is 1.44. The maximum atomic E-state index is 11.1. The Kier molecular flexibility index (Phi) is 3.25. The maximum absolute atomic E-state index is 11.1. The van der Waals surface area contributed by atoms with Crippen molar-refractivity contribution in [1.29, 1.82) is 0 Å². The van der Waals surface area contributed by atoms with Crippen LogP contribution >= 0.6 is 0 Å². The van der Waals surface area contributed by atoms with Crippen molar-refractivity contribution in [2.24, 2.45) is 5.73 Å². The van der Waals surface area contributed by atoms with Crippen LogP contribution < -0.4 is 5.73 Å². The van der Waals surface area contributed by atoms with Crippen LogP contribution in [0.5, 0.6) is 0 Å². The molecule has 0 radical (unpaired) electrons. The van der Waals surface area contributed by atoms with Crippen molar-refractivity contribution < 1.29 is 16.8 Å². The van der Waals surface area contributed by atoms with E-state index in [0.29, 0.717) is 0 Å². The first kappa shape index (κ1) is 12.9. The molecule has 0 unspecified atom stereocenters. The van der Waals surface area contributed by atoms with Gasteiger partial charge in [-0.15, -0.1) is 0 Å². The lowest BCUT2D eigenvalue weighted by Gasteiger charge is -2.31. The molecule has 6 nitrogen and oxygen atoms in total. The molecule has 0 fully saturated rings. The summed E-state index contributed by atoms with van der Waals surface area (Å²) in [5.74, 6) is 0. The third-order valence-electron chi connectivity index (χ3n) is 1.07. The SMILES string of the molecule is BS(=O)(=O)N(C(C)(C)N)S(B)(=O)=O. The molecule has 0 bridgehead atoms. The Morgan fingerprint density at radius 1 is 1.08 bits per heavy atom. The van der Waals surface area contributed by atoms with Gasteiger partial charge >= 0.3 is 0 Å². The Labute approximate surface area is 80.2 Å². The highest BCUT2D eigenvalue weighted by atomic mass is 32.3. The third-order valence-corrected chi connectivity index (χ3v) is 4.84. The quantitative estimate of drug-likeness (QED) is 0.402. The van der Waals surface area contributed by atoms with Crippen LogP contribution in [0.15, 0.2) is 0 Å². The molecule has 0 aromatic heterocycles. The molecule has 0 aromatic rings. The van der Waals surface area contributed by atoms with Crippen molar-refractivity contribution in [2.45, 2.75) is 19.5 Å². The van der Waals surface area contributed by atoms with Gasteiger partial charge in [0.1, 0.15) is 0 Å². The second-order valence-corrected chi connectivity index (χ2v) is 7.27. The van der Waals surface area contributed by atoms with Crippen LogP contribution in [0.3, 0.4) is 0 Å². The van der Waals surface area contributed by atoms with Crippen LogP contribution in [-0.4, -0.2) is 40.5 Å². The van der Waals surface area contributed by atoms with Crippen LogP contribution in [0.2, 0.25) is 0 Å². The van der Waals surface area contributed by atoms with E-state index >= 15 is 0 Å². The summed E-state index contributed by atoms with van der Waals surface area (Å²) in [4.78, 5) is 0. The monoisotopic (exact) mass is 226 g/mol. The fraction of sp³-hybridized carbons (Fsp3) is 1.00. The van der Waals surface area contributed by atoms with Gasteiger partial charge in [0.15, 0.2) is 19.7 Å². The van der Waals surface area contributed by atoms with Gasteiger partial charge in [-0.3, -0.25) is 0 Å². The van der Waals surface area contributed by atoms with Gasteiger partial charge in [-0.05, 0) is 13.8 Å². The predicted molar refractivity (Wildman–Crippen MR) is 55.0 cm³/mol. The molecule has 0 atom stereocenters. The molecule has 0 aliphatic carbocycles. The summed E-state index contributed by atoms with van der Waals surface area (Å²) in [6.45, 7) is 2.60. The van der Waals surface area contributed by atoms with Gasteiger partial charge in [0.05, 0.1) is 5.66 Å². The van der Waals surface area contributed by atoms with E-state index in [1.54, 1.807) is 0 Å². The van der Waals surface area contributed by atoms with Crippen molar-refractivity contribution in [3.8, 4) is 0 Å². The molecule has 0 saturated heterocycles. The zero-order valence-electron chi connectivity index (χ0n) is 7.97. The van der Waals surface area contributed by atoms with Crippen LogP contribution in [0.4, 0.5) is 0 Å². The minimum Gasteiger partial charge on any atom is -0.312 e. The van der Waals surface area contributed by atoms with Crippen molar-refractivity contribution >= 4 is 34.0 Å². The normalized spacial score (nSPS) is 14.8. The van der Waals surface area contributed by atoms with Crippen LogP contribution in [0, 0.1) is 0 Å². The van der Waals surface area contributed by atoms with E-state index in [0.717, 1.165) is 14.2 Å². The smallest absolute Gasteiger partial charge is 0.277 e. The predicted octanol–water partition coefficient (Wildman–Crippen LogP) is -3.26. The number of hydrogen-bond donors (Lipinski definition) is 1. The number of hydrogen-bond acceptors (Lipinski definition) is 5. The van der Waals surface area contributed by atoms with E-state index < -0.39 is 25.4 Å². The van der Waals surface area contributed by atoms with Gasteiger partial charge in [0.2, 0.25) is 0 Å². The van der Waals surface area contributed by atoms with Crippen LogP contribution in [0.25, 0.3) is 0 Å². The van der Waals surface area contributed by atoms with Crippen molar-refractivity contribution in [2.75, 3.05) is 0 Å². The number of nitrogens with two attached hydrogens (primary N) is 1. The van der Waals surface area contributed by atoms with Gasteiger partial charge in [-0.25, -0.2) is 16.8 Å². The van der Waals surface area contributed by atoms with Gasteiger partial charge in [-0.1, -0.05) is 3.71 Å². The number of rotatable bonds is 3. The fourth-order valence-electron chi connectivity index (χ4n) is 1.10. The topological polar surface area (TPSA) is 97.5 Å². The minimum absolute atomic E-state index is 0.285. The molecule has 0 saturated carbocycles. The van der Waals surface area contributed by atoms with Crippen molar-refractivity contribution in [3.05, 3.63) is 0 Å². The Morgan fingerprint density at radius 2 is 1.31 bits per heavy atom. The van der Waals surface area contributed by atoms with E-state index in [-0.39, 0.29) is 3.71 Å². The number of nitrogens with zero attached hydrogens (tertiary/aromatic N) is 1. The van der Waals surface area contributed by atoms with Crippen LogP contribution in [-0.2, 0) is 19.7 Å². The average molecular weight is 226 g/mol. The summed E-state index contributed by atoms with van der Waals surface area (Å²) in [5, 5.41) is 0. The lowest BCUT2D eigenvalue weighted by atomic mass is 10.3. The first-order chi connectivity index (χ1) is 5.37. The summed E-state index contributed by atoms with van der Waals surface area (Å²) in [6, 6.07) is 0. The van der Waals surface area contributed by atoms with Gasteiger partial charge in [0.25, 0.3) is 14.2 Å². The molecule has 0 amide bonds. The molecule has 2 N–H and O–H groups in total. The summed E-state index contributed by atoms with van der Waals surface area (Å²) in [5.41, 5.74) is 3.96. The van der Waals surface area contributed by atoms with E-state index in [1.165, 1.54) is 13.8 Å². The fourth-order valence-corrected chi connectivity index (χ4v) is 4.78.